The maximum Gasteiger partial charge on any atom is 0.573 e. The van der Waals surface area contributed by atoms with Crippen LogP contribution in [0.25, 0.3) is 11.3 Å². The molecule has 12 heteroatoms. The normalized spacial score (nSPS) is 14.1. The van der Waals surface area contributed by atoms with Crippen molar-refractivity contribution in [3.05, 3.63) is 59.9 Å². The van der Waals surface area contributed by atoms with Crippen molar-refractivity contribution in [1.29, 1.82) is 0 Å². The third kappa shape index (κ3) is 5.60. The van der Waals surface area contributed by atoms with E-state index < -0.39 is 22.1 Å². The van der Waals surface area contributed by atoms with E-state index in [0.29, 0.717) is 22.0 Å². The van der Waals surface area contributed by atoms with E-state index in [2.05, 4.69) is 19.4 Å². The number of rotatable bonds is 7. The summed E-state index contributed by atoms with van der Waals surface area (Å²) in [6.45, 7) is 0. The van der Waals surface area contributed by atoms with Crippen LogP contribution in [-0.4, -0.2) is 30.9 Å². The van der Waals surface area contributed by atoms with Gasteiger partial charge < -0.3 is 9.47 Å². The van der Waals surface area contributed by atoms with Crippen LogP contribution in [-0.2, 0) is 10.0 Å². The number of halogens is 4. The van der Waals surface area contributed by atoms with Gasteiger partial charge in [0.25, 0.3) is 10.0 Å². The summed E-state index contributed by atoms with van der Waals surface area (Å²) in [5, 5.41) is 0.399. The summed E-state index contributed by atoms with van der Waals surface area (Å²) in [7, 11) is -4.12. The summed E-state index contributed by atoms with van der Waals surface area (Å²) in [6.07, 6.45) is -1.53. The molecule has 1 aliphatic carbocycles. The van der Waals surface area contributed by atoms with E-state index in [1.807, 2.05) is 0 Å². The number of benzene rings is 2. The van der Waals surface area contributed by atoms with Crippen LogP contribution in [0, 0.1) is 0 Å². The van der Waals surface area contributed by atoms with E-state index in [1.165, 1.54) is 12.4 Å². The molecule has 0 radical (unpaired) electrons. The summed E-state index contributed by atoms with van der Waals surface area (Å²) >= 11 is 6.27. The van der Waals surface area contributed by atoms with E-state index in [0.717, 1.165) is 37.1 Å². The fourth-order valence-electron chi connectivity index (χ4n) is 2.71. The molecule has 1 N–H and O–H groups in total. The van der Waals surface area contributed by atoms with Crippen LogP contribution in [0.3, 0.4) is 0 Å². The lowest BCUT2D eigenvalue weighted by Gasteiger charge is -2.11. The lowest BCUT2D eigenvalue weighted by molar-refractivity contribution is -0.274. The monoisotopic (exact) mass is 485 g/mol. The fourth-order valence-corrected chi connectivity index (χ4v) is 3.93. The van der Waals surface area contributed by atoms with Gasteiger partial charge in [0.05, 0.1) is 21.7 Å². The zero-order chi connectivity index (χ0) is 22.9. The molecule has 0 unspecified atom stereocenters. The summed E-state index contributed by atoms with van der Waals surface area (Å²) in [4.78, 5) is 7.76. The average molecular weight is 486 g/mol. The highest BCUT2D eigenvalue weighted by molar-refractivity contribution is 7.92. The molecule has 0 spiro atoms. The van der Waals surface area contributed by atoms with Crippen molar-refractivity contribution < 1.29 is 31.1 Å². The molecule has 7 nitrogen and oxygen atoms in total. The van der Waals surface area contributed by atoms with Crippen LogP contribution in [0.5, 0.6) is 11.5 Å². The van der Waals surface area contributed by atoms with Gasteiger partial charge in [-0.25, -0.2) is 18.4 Å². The molecule has 1 aliphatic rings. The lowest BCUT2D eigenvalue weighted by atomic mass is 10.1. The maximum atomic E-state index is 12.6. The molecular formula is C20H15ClF3N3O4S. The van der Waals surface area contributed by atoms with Crippen molar-refractivity contribution in [1.82, 2.24) is 9.97 Å². The fraction of sp³-hybridized carbons (Fsp3) is 0.200. The molecule has 32 heavy (non-hydrogen) atoms. The van der Waals surface area contributed by atoms with E-state index in [1.54, 1.807) is 18.2 Å². The molecule has 2 aromatic carbocycles. The van der Waals surface area contributed by atoms with Crippen LogP contribution in [0.15, 0.2) is 59.8 Å². The Morgan fingerprint density at radius 3 is 2.38 bits per heavy atom. The second kappa shape index (κ2) is 8.47. The Kier molecular flexibility index (Phi) is 5.87. The van der Waals surface area contributed by atoms with Crippen molar-refractivity contribution in [3.63, 3.8) is 0 Å². The molecule has 0 amide bonds. The number of nitrogens with zero attached hydrogens (tertiary/aromatic N) is 2. The molecule has 3 aromatic rings. The molecule has 0 atom stereocenters. The molecule has 1 heterocycles. The number of nitrogens with one attached hydrogen (secondary N) is 1. The number of hydrogen-bond donors (Lipinski definition) is 1. The molecule has 1 aromatic heterocycles. The number of ether oxygens (including phenoxy) is 2. The second-order valence-electron chi connectivity index (χ2n) is 6.88. The minimum absolute atomic E-state index is 0.0277. The van der Waals surface area contributed by atoms with Gasteiger partial charge in [0.15, 0.2) is 0 Å². The minimum atomic E-state index is -4.87. The van der Waals surface area contributed by atoms with Crippen LogP contribution in [0.2, 0.25) is 5.02 Å². The van der Waals surface area contributed by atoms with Gasteiger partial charge in [-0.2, -0.15) is 0 Å². The highest BCUT2D eigenvalue weighted by Gasteiger charge is 2.31. The second-order valence-corrected chi connectivity index (χ2v) is 8.97. The van der Waals surface area contributed by atoms with Crippen molar-refractivity contribution in [2.24, 2.45) is 0 Å². The van der Waals surface area contributed by atoms with Crippen LogP contribution < -0.4 is 14.2 Å². The number of alkyl halides is 3. The van der Waals surface area contributed by atoms with Crippen molar-refractivity contribution in [3.8, 4) is 22.8 Å². The van der Waals surface area contributed by atoms with Gasteiger partial charge in [0.2, 0.25) is 0 Å². The first-order chi connectivity index (χ1) is 15.1. The van der Waals surface area contributed by atoms with Gasteiger partial charge >= 0.3 is 6.36 Å². The van der Waals surface area contributed by atoms with Gasteiger partial charge in [-0.3, -0.25) is 4.72 Å². The standard InChI is InChI=1S/C20H15ClF3N3O4S/c21-16-9-12(1-8-18(16)30-13-2-3-13)17-10-19(26-11-25-17)27-32(28,29)15-6-4-14(5-7-15)31-20(22,23)24/h1,4-11,13H,2-3H2,(H,25,26,27). The van der Waals surface area contributed by atoms with E-state index >= 15 is 0 Å². The lowest BCUT2D eigenvalue weighted by Crippen LogP contribution is -2.17. The summed E-state index contributed by atoms with van der Waals surface area (Å²) in [6, 6.07) is 10.3. The molecular weight excluding hydrogens is 471 g/mol. The molecule has 0 bridgehead atoms. The van der Waals surface area contributed by atoms with Gasteiger partial charge in [0, 0.05) is 11.6 Å². The Morgan fingerprint density at radius 2 is 1.75 bits per heavy atom. The first-order valence-corrected chi connectivity index (χ1v) is 11.1. The van der Waals surface area contributed by atoms with Crippen LogP contribution >= 0.6 is 11.6 Å². The van der Waals surface area contributed by atoms with Crippen molar-refractivity contribution in [2.75, 3.05) is 4.72 Å². The van der Waals surface area contributed by atoms with Crippen LogP contribution in [0.1, 0.15) is 12.8 Å². The Balaban J connectivity index is 1.51. The third-order valence-electron chi connectivity index (χ3n) is 4.32. The van der Waals surface area contributed by atoms with Crippen molar-refractivity contribution >= 4 is 27.4 Å². The van der Waals surface area contributed by atoms with E-state index in [9.17, 15) is 21.6 Å². The molecule has 1 saturated carbocycles. The first-order valence-electron chi connectivity index (χ1n) is 9.26. The number of hydrogen-bond acceptors (Lipinski definition) is 6. The predicted octanol–water partition coefficient (Wildman–Crippen LogP) is 5.04. The predicted molar refractivity (Wildman–Crippen MR) is 110 cm³/mol. The highest BCUT2D eigenvalue weighted by Crippen LogP contribution is 2.34. The molecule has 0 saturated heterocycles. The van der Waals surface area contributed by atoms with Gasteiger partial charge in [-0.1, -0.05) is 11.6 Å². The third-order valence-corrected chi connectivity index (χ3v) is 5.99. The van der Waals surface area contributed by atoms with E-state index in [-0.39, 0.29) is 16.8 Å². The largest absolute Gasteiger partial charge is 0.573 e. The van der Waals surface area contributed by atoms with E-state index in [4.69, 9.17) is 16.3 Å². The van der Waals surface area contributed by atoms with Gasteiger partial charge in [-0.15, -0.1) is 13.2 Å². The summed E-state index contributed by atoms with van der Waals surface area (Å²) in [5.41, 5.74) is 1.03. The number of aromatic nitrogens is 2. The number of anilines is 1. The quantitative estimate of drug-likeness (QED) is 0.504. The first kappa shape index (κ1) is 22.2. The summed E-state index contributed by atoms with van der Waals surface area (Å²) < 4.78 is 73.7. The van der Waals surface area contributed by atoms with Crippen molar-refractivity contribution in [2.45, 2.75) is 30.2 Å². The SMILES string of the molecule is O=S(=O)(Nc1cc(-c2ccc(OC3CC3)c(Cl)c2)ncn1)c1ccc(OC(F)(F)F)cc1. The highest BCUT2D eigenvalue weighted by atomic mass is 35.5. The minimum Gasteiger partial charge on any atom is -0.489 e. The Bertz CT molecular complexity index is 1230. The summed E-state index contributed by atoms with van der Waals surface area (Å²) in [5.74, 6) is -0.00217. The van der Waals surface area contributed by atoms with Crippen LogP contribution in [0.4, 0.5) is 19.0 Å². The Morgan fingerprint density at radius 1 is 1.03 bits per heavy atom. The Hall–Kier alpha value is -3.05. The molecule has 1 fully saturated rings. The molecule has 4 rings (SSSR count). The molecule has 0 aliphatic heterocycles. The maximum absolute atomic E-state index is 12.6. The zero-order valence-electron chi connectivity index (χ0n) is 16.1. The number of sulfonamides is 1. The Labute approximate surface area is 186 Å². The topological polar surface area (TPSA) is 90.4 Å². The zero-order valence-corrected chi connectivity index (χ0v) is 17.7. The average Bonchev–Trinajstić information content (AvgIpc) is 3.53. The smallest absolute Gasteiger partial charge is 0.489 e. The van der Waals surface area contributed by atoms with Gasteiger partial charge in [-0.05, 0) is 55.3 Å². The molecule has 168 valence electrons. The van der Waals surface area contributed by atoms with Gasteiger partial charge in [0.1, 0.15) is 23.6 Å².